The number of benzene rings is 1. The minimum absolute atomic E-state index is 0.00307. The monoisotopic (exact) mass is 376 g/mol. The average molecular weight is 377 g/mol. The van der Waals surface area contributed by atoms with E-state index in [2.05, 4.69) is 10.0 Å². The van der Waals surface area contributed by atoms with Crippen molar-refractivity contribution in [3.8, 4) is 0 Å². The third-order valence-corrected chi connectivity index (χ3v) is 5.08. The molecule has 9 heteroatoms. The Kier molecular flexibility index (Phi) is 6.76. The Morgan fingerprint density at radius 2 is 1.79 bits per heavy atom. The molecule has 0 saturated carbocycles. The molecule has 134 valence electrons. The lowest BCUT2D eigenvalue weighted by atomic mass is 9.98. The van der Waals surface area contributed by atoms with Crippen LogP contribution < -0.4 is 10.0 Å². The SMILES string of the molecule is CC(NS(=O)(=O)c1ccc(Cl)cc1)C(=O)NC(C)(C)CCC(=O)O. The van der Waals surface area contributed by atoms with E-state index < -0.39 is 33.5 Å². The predicted octanol–water partition coefficient (Wildman–Crippen LogP) is 1.77. The number of amides is 1. The van der Waals surface area contributed by atoms with Gasteiger partial charge in [0.1, 0.15) is 0 Å². The molecule has 3 N–H and O–H groups in total. The zero-order chi connectivity index (χ0) is 18.5. The van der Waals surface area contributed by atoms with Crippen molar-refractivity contribution in [2.24, 2.45) is 0 Å². The summed E-state index contributed by atoms with van der Waals surface area (Å²) in [5.41, 5.74) is -0.768. The number of carbonyl (C=O) groups excluding carboxylic acids is 1. The first-order chi connectivity index (χ1) is 10.9. The van der Waals surface area contributed by atoms with Gasteiger partial charge < -0.3 is 10.4 Å². The summed E-state index contributed by atoms with van der Waals surface area (Å²) in [6, 6.07) is 4.54. The van der Waals surface area contributed by atoms with Gasteiger partial charge in [-0.05, 0) is 51.5 Å². The number of hydrogen-bond donors (Lipinski definition) is 3. The molecule has 0 aromatic heterocycles. The highest BCUT2D eigenvalue weighted by molar-refractivity contribution is 7.89. The Hall–Kier alpha value is -1.64. The fraction of sp³-hybridized carbons (Fsp3) is 0.467. The van der Waals surface area contributed by atoms with E-state index in [1.54, 1.807) is 13.8 Å². The highest BCUT2D eigenvalue weighted by atomic mass is 35.5. The molecule has 0 aliphatic heterocycles. The van der Waals surface area contributed by atoms with Gasteiger partial charge in [0.05, 0.1) is 10.9 Å². The van der Waals surface area contributed by atoms with Crippen LogP contribution in [-0.2, 0) is 19.6 Å². The Morgan fingerprint density at radius 3 is 2.29 bits per heavy atom. The molecule has 0 bridgehead atoms. The van der Waals surface area contributed by atoms with Crippen LogP contribution in [-0.4, -0.2) is 37.0 Å². The number of hydrogen-bond acceptors (Lipinski definition) is 4. The number of nitrogens with one attached hydrogen (secondary N) is 2. The molecule has 0 heterocycles. The highest BCUT2D eigenvalue weighted by Gasteiger charge is 2.27. The minimum Gasteiger partial charge on any atom is -0.481 e. The van der Waals surface area contributed by atoms with Crippen LogP contribution in [0.2, 0.25) is 5.02 Å². The van der Waals surface area contributed by atoms with Crippen LogP contribution in [0.3, 0.4) is 0 Å². The fourth-order valence-electron chi connectivity index (χ4n) is 1.89. The van der Waals surface area contributed by atoms with E-state index in [1.807, 2.05) is 0 Å². The molecule has 0 radical (unpaired) electrons. The second-order valence-corrected chi connectivity index (χ2v) is 8.21. The number of carboxylic acids is 1. The van der Waals surface area contributed by atoms with Crippen LogP contribution in [0.25, 0.3) is 0 Å². The highest BCUT2D eigenvalue weighted by Crippen LogP contribution is 2.15. The summed E-state index contributed by atoms with van der Waals surface area (Å²) in [7, 11) is -3.87. The van der Waals surface area contributed by atoms with Gasteiger partial charge in [-0.25, -0.2) is 8.42 Å². The summed E-state index contributed by atoms with van der Waals surface area (Å²) in [5.74, 6) is -1.50. The summed E-state index contributed by atoms with van der Waals surface area (Å²) in [5, 5.41) is 11.8. The van der Waals surface area contributed by atoms with Crippen molar-refractivity contribution in [3.63, 3.8) is 0 Å². The smallest absolute Gasteiger partial charge is 0.303 e. The van der Waals surface area contributed by atoms with E-state index in [0.29, 0.717) is 5.02 Å². The van der Waals surface area contributed by atoms with Gasteiger partial charge in [-0.2, -0.15) is 4.72 Å². The van der Waals surface area contributed by atoms with E-state index >= 15 is 0 Å². The molecule has 7 nitrogen and oxygen atoms in total. The molecular weight excluding hydrogens is 356 g/mol. The van der Waals surface area contributed by atoms with E-state index in [0.717, 1.165) is 0 Å². The van der Waals surface area contributed by atoms with E-state index in [4.69, 9.17) is 16.7 Å². The molecule has 0 aliphatic rings. The number of carboxylic acid groups (broad SMARTS) is 1. The normalized spacial score (nSPS) is 13.3. The number of carbonyl (C=O) groups is 2. The van der Waals surface area contributed by atoms with Gasteiger partial charge in [0.25, 0.3) is 0 Å². The Bertz CT molecular complexity index is 701. The summed E-state index contributed by atoms with van der Waals surface area (Å²) in [4.78, 5) is 22.8. The molecule has 1 aromatic carbocycles. The molecule has 1 unspecified atom stereocenters. The maximum Gasteiger partial charge on any atom is 0.303 e. The molecular formula is C15H21ClN2O5S. The topological polar surface area (TPSA) is 113 Å². The first kappa shape index (κ1) is 20.4. The molecule has 0 aliphatic carbocycles. The zero-order valence-electron chi connectivity index (χ0n) is 13.7. The summed E-state index contributed by atoms with van der Waals surface area (Å²) < 4.78 is 26.7. The van der Waals surface area contributed by atoms with Gasteiger partial charge in [0.15, 0.2) is 0 Å². The largest absolute Gasteiger partial charge is 0.481 e. The molecule has 1 amide bonds. The number of aliphatic carboxylic acids is 1. The van der Waals surface area contributed by atoms with Crippen molar-refractivity contribution < 1.29 is 23.1 Å². The van der Waals surface area contributed by atoms with Gasteiger partial charge in [0.2, 0.25) is 15.9 Å². The van der Waals surface area contributed by atoms with Crippen LogP contribution in [0.4, 0.5) is 0 Å². The lowest BCUT2D eigenvalue weighted by molar-refractivity contribution is -0.137. The zero-order valence-corrected chi connectivity index (χ0v) is 15.2. The van der Waals surface area contributed by atoms with E-state index in [9.17, 15) is 18.0 Å². The number of halogens is 1. The standard InChI is InChI=1S/C15H21ClN2O5S/c1-10(14(21)17-15(2,3)9-8-13(19)20)18-24(22,23)12-6-4-11(16)5-7-12/h4-7,10,18H,8-9H2,1-3H3,(H,17,21)(H,19,20). The van der Waals surface area contributed by atoms with Gasteiger partial charge >= 0.3 is 5.97 Å². The van der Waals surface area contributed by atoms with Crippen molar-refractivity contribution in [3.05, 3.63) is 29.3 Å². The second kappa shape index (κ2) is 7.96. The predicted molar refractivity (Wildman–Crippen MR) is 90.3 cm³/mol. The molecule has 0 spiro atoms. The van der Waals surface area contributed by atoms with Crippen LogP contribution in [0, 0.1) is 0 Å². The van der Waals surface area contributed by atoms with Crippen LogP contribution in [0.5, 0.6) is 0 Å². The average Bonchev–Trinajstić information content (AvgIpc) is 2.45. The molecule has 0 saturated heterocycles. The van der Waals surface area contributed by atoms with E-state index in [1.165, 1.54) is 31.2 Å². The first-order valence-corrected chi connectivity index (χ1v) is 9.11. The van der Waals surface area contributed by atoms with Crippen molar-refractivity contribution in [2.75, 3.05) is 0 Å². The summed E-state index contributed by atoms with van der Waals surface area (Å²) >= 11 is 5.72. The van der Waals surface area contributed by atoms with Crippen LogP contribution >= 0.6 is 11.6 Å². The summed E-state index contributed by atoms with van der Waals surface area (Å²) in [6.07, 6.45) is 0.128. The molecule has 1 atom stereocenters. The maximum absolute atomic E-state index is 12.2. The van der Waals surface area contributed by atoms with Crippen molar-refractivity contribution >= 4 is 33.5 Å². The quantitative estimate of drug-likeness (QED) is 0.640. The molecule has 1 aromatic rings. The molecule has 0 fully saturated rings. The third-order valence-electron chi connectivity index (χ3n) is 3.27. The number of sulfonamides is 1. The first-order valence-electron chi connectivity index (χ1n) is 7.25. The number of rotatable bonds is 8. The Labute approximate surface area is 146 Å². The van der Waals surface area contributed by atoms with Crippen molar-refractivity contribution in [2.45, 2.75) is 50.1 Å². The van der Waals surface area contributed by atoms with Gasteiger partial charge in [0, 0.05) is 17.0 Å². The van der Waals surface area contributed by atoms with Crippen LogP contribution in [0.1, 0.15) is 33.6 Å². The Morgan fingerprint density at radius 1 is 1.25 bits per heavy atom. The van der Waals surface area contributed by atoms with Gasteiger partial charge in [-0.1, -0.05) is 11.6 Å². The van der Waals surface area contributed by atoms with Crippen LogP contribution in [0.15, 0.2) is 29.2 Å². The molecule has 1 rings (SSSR count). The van der Waals surface area contributed by atoms with E-state index in [-0.39, 0.29) is 17.7 Å². The van der Waals surface area contributed by atoms with Gasteiger partial charge in [-0.15, -0.1) is 0 Å². The van der Waals surface area contributed by atoms with Crippen molar-refractivity contribution in [1.29, 1.82) is 0 Å². The maximum atomic E-state index is 12.2. The third kappa shape index (κ3) is 6.46. The van der Waals surface area contributed by atoms with Gasteiger partial charge in [-0.3, -0.25) is 9.59 Å². The Balaban J connectivity index is 2.72. The second-order valence-electron chi connectivity index (χ2n) is 6.06. The van der Waals surface area contributed by atoms with Crippen molar-refractivity contribution in [1.82, 2.24) is 10.0 Å². The fourth-order valence-corrected chi connectivity index (χ4v) is 3.22. The lowest BCUT2D eigenvalue weighted by Gasteiger charge is -2.27. The summed E-state index contributed by atoms with van der Waals surface area (Å²) in [6.45, 7) is 4.76. The lowest BCUT2D eigenvalue weighted by Crippen LogP contribution is -2.52. The minimum atomic E-state index is -3.87. The molecule has 24 heavy (non-hydrogen) atoms.